The average Bonchev–Trinajstić information content (AvgIpc) is 2.76. The third-order valence-electron chi connectivity index (χ3n) is 5.35. The van der Waals surface area contributed by atoms with Gasteiger partial charge in [0, 0.05) is 37.6 Å². The number of amides is 2. The van der Waals surface area contributed by atoms with Crippen molar-refractivity contribution in [2.45, 2.75) is 19.3 Å². The maximum atomic E-state index is 12.5. The van der Waals surface area contributed by atoms with Crippen LogP contribution in [-0.2, 0) is 4.74 Å². The van der Waals surface area contributed by atoms with Crippen LogP contribution in [0.15, 0.2) is 48.5 Å². The van der Waals surface area contributed by atoms with Crippen LogP contribution in [0.1, 0.15) is 19.3 Å². The van der Waals surface area contributed by atoms with Gasteiger partial charge in [-0.05, 0) is 55.7 Å². The molecule has 2 aliphatic heterocycles. The summed E-state index contributed by atoms with van der Waals surface area (Å²) in [6.45, 7) is 5.32. The second-order valence-corrected chi connectivity index (χ2v) is 7.29. The van der Waals surface area contributed by atoms with E-state index in [4.69, 9.17) is 4.74 Å². The van der Waals surface area contributed by atoms with Crippen molar-refractivity contribution in [1.82, 2.24) is 0 Å². The van der Waals surface area contributed by atoms with Crippen molar-refractivity contribution in [3.8, 4) is 0 Å². The Labute approximate surface area is 166 Å². The number of carbonyl (C=O) groups excluding carboxylic acids is 1. The number of nitrogens with one attached hydrogen (secondary N) is 2. The summed E-state index contributed by atoms with van der Waals surface area (Å²) in [5.74, 6) is 0. The monoisotopic (exact) mass is 380 g/mol. The number of urea groups is 1. The molecule has 0 unspecified atom stereocenters. The lowest BCUT2D eigenvalue weighted by atomic mass is 10.1. The largest absolute Gasteiger partial charge is 0.378 e. The molecule has 2 amide bonds. The van der Waals surface area contributed by atoms with E-state index in [1.807, 2.05) is 36.4 Å². The predicted octanol–water partition coefficient (Wildman–Crippen LogP) is 4.16. The second kappa shape index (κ2) is 8.97. The Balaban J connectivity index is 1.38. The molecule has 0 spiro atoms. The molecule has 0 aliphatic carbocycles. The van der Waals surface area contributed by atoms with Crippen molar-refractivity contribution >= 4 is 28.8 Å². The average molecular weight is 380 g/mol. The minimum atomic E-state index is -0.230. The second-order valence-electron chi connectivity index (χ2n) is 7.29. The van der Waals surface area contributed by atoms with Gasteiger partial charge in [0.15, 0.2) is 0 Å². The Hall–Kier alpha value is -2.73. The van der Waals surface area contributed by atoms with Gasteiger partial charge in [-0.25, -0.2) is 4.79 Å². The molecule has 28 heavy (non-hydrogen) atoms. The van der Waals surface area contributed by atoms with Gasteiger partial charge < -0.3 is 25.2 Å². The lowest BCUT2D eigenvalue weighted by Crippen LogP contribution is -2.37. The fourth-order valence-electron chi connectivity index (χ4n) is 3.85. The number of nitrogens with zero attached hydrogens (tertiary/aromatic N) is 2. The molecule has 0 bridgehead atoms. The number of para-hydroxylation sites is 2. The number of carbonyl (C=O) groups is 1. The van der Waals surface area contributed by atoms with E-state index in [-0.39, 0.29) is 6.03 Å². The van der Waals surface area contributed by atoms with E-state index in [2.05, 4.69) is 32.6 Å². The van der Waals surface area contributed by atoms with E-state index in [9.17, 15) is 4.79 Å². The summed E-state index contributed by atoms with van der Waals surface area (Å²) in [6.07, 6.45) is 3.83. The third-order valence-corrected chi connectivity index (χ3v) is 5.35. The zero-order chi connectivity index (χ0) is 19.2. The molecule has 6 heteroatoms. The van der Waals surface area contributed by atoms with Crippen LogP contribution in [0, 0.1) is 0 Å². The number of morpholine rings is 1. The van der Waals surface area contributed by atoms with Crippen LogP contribution < -0.4 is 20.4 Å². The zero-order valence-electron chi connectivity index (χ0n) is 16.2. The van der Waals surface area contributed by atoms with E-state index >= 15 is 0 Å². The lowest BCUT2D eigenvalue weighted by molar-refractivity contribution is 0.123. The molecule has 0 aromatic heterocycles. The first-order chi connectivity index (χ1) is 13.8. The first-order valence-corrected chi connectivity index (χ1v) is 10.1. The highest BCUT2D eigenvalue weighted by Gasteiger charge is 2.16. The van der Waals surface area contributed by atoms with Crippen LogP contribution in [0.5, 0.6) is 0 Å². The van der Waals surface area contributed by atoms with Gasteiger partial charge in [-0.1, -0.05) is 12.1 Å². The number of ether oxygens (including phenoxy) is 1. The Kier molecular flexibility index (Phi) is 5.97. The fraction of sp³-hybridized carbons (Fsp3) is 0.409. The molecule has 2 fully saturated rings. The van der Waals surface area contributed by atoms with E-state index in [0.717, 1.165) is 43.2 Å². The summed E-state index contributed by atoms with van der Waals surface area (Å²) >= 11 is 0. The van der Waals surface area contributed by atoms with Gasteiger partial charge in [-0.15, -0.1) is 0 Å². The number of piperidine rings is 1. The molecule has 2 aromatic carbocycles. The van der Waals surface area contributed by atoms with E-state index in [0.29, 0.717) is 13.2 Å². The molecular weight excluding hydrogens is 352 g/mol. The summed E-state index contributed by atoms with van der Waals surface area (Å²) in [7, 11) is 0. The number of benzene rings is 2. The standard InChI is InChI=1S/C22H28N4O2/c27-22(23-18-8-10-19(11-9-18)25-12-4-1-5-13-25)24-20-6-2-3-7-21(20)26-14-16-28-17-15-26/h2-3,6-11H,1,4-5,12-17H2,(H2,23,24,27). The lowest BCUT2D eigenvalue weighted by Gasteiger charge is -2.30. The van der Waals surface area contributed by atoms with Crippen molar-refractivity contribution in [3.63, 3.8) is 0 Å². The SMILES string of the molecule is O=C(Nc1ccc(N2CCCCC2)cc1)Nc1ccccc1N1CCOCC1. The van der Waals surface area contributed by atoms with Gasteiger partial charge in [-0.2, -0.15) is 0 Å². The number of anilines is 4. The highest BCUT2D eigenvalue weighted by Crippen LogP contribution is 2.27. The van der Waals surface area contributed by atoms with Crippen LogP contribution in [0.2, 0.25) is 0 Å². The van der Waals surface area contributed by atoms with E-state index < -0.39 is 0 Å². The van der Waals surface area contributed by atoms with Crippen LogP contribution in [0.4, 0.5) is 27.5 Å². The molecule has 0 radical (unpaired) electrons. The number of rotatable bonds is 4. The Morgan fingerprint density at radius 3 is 2.25 bits per heavy atom. The summed E-state index contributed by atoms with van der Waals surface area (Å²) in [6, 6.07) is 15.8. The van der Waals surface area contributed by atoms with Crippen LogP contribution in [-0.4, -0.2) is 45.4 Å². The van der Waals surface area contributed by atoms with Crippen LogP contribution in [0.25, 0.3) is 0 Å². The summed E-state index contributed by atoms with van der Waals surface area (Å²) in [4.78, 5) is 17.2. The first-order valence-electron chi connectivity index (χ1n) is 10.1. The molecule has 2 aliphatic rings. The van der Waals surface area contributed by atoms with Gasteiger partial charge in [0.2, 0.25) is 0 Å². The highest BCUT2D eigenvalue weighted by atomic mass is 16.5. The van der Waals surface area contributed by atoms with Crippen molar-refractivity contribution in [2.75, 3.05) is 59.8 Å². The van der Waals surface area contributed by atoms with E-state index in [1.54, 1.807) is 0 Å². The molecular formula is C22H28N4O2. The van der Waals surface area contributed by atoms with Crippen molar-refractivity contribution in [2.24, 2.45) is 0 Å². The van der Waals surface area contributed by atoms with Gasteiger partial charge in [0.05, 0.1) is 24.6 Å². The Morgan fingerprint density at radius 2 is 1.50 bits per heavy atom. The third kappa shape index (κ3) is 4.57. The molecule has 0 atom stereocenters. The molecule has 0 saturated carbocycles. The maximum Gasteiger partial charge on any atom is 0.323 e. The maximum absolute atomic E-state index is 12.5. The number of hydrogen-bond donors (Lipinski definition) is 2. The first kappa shape index (κ1) is 18.6. The fourth-order valence-corrected chi connectivity index (χ4v) is 3.85. The van der Waals surface area contributed by atoms with Crippen molar-refractivity contribution in [1.29, 1.82) is 0 Å². The van der Waals surface area contributed by atoms with E-state index in [1.165, 1.54) is 24.9 Å². The summed E-state index contributed by atoms with van der Waals surface area (Å²) in [5.41, 5.74) is 3.86. The molecule has 148 valence electrons. The van der Waals surface area contributed by atoms with Crippen LogP contribution in [0.3, 0.4) is 0 Å². The topological polar surface area (TPSA) is 56.8 Å². The smallest absolute Gasteiger partial charge is 0.323 e. The summed E-state index contributed by atoms with van der Waals surface area (Å²) < 4.78 is 5.43. The molecule has 2 heterocycles. The van der Waals surface area contributed by atoms with Crippen molar-refractivity contribution < 1.29 is 9.53 Å². The van der Waals surface area contributed by atoms with Gasteiger partial charge in [-0.3, -0.25) is 0 Å². The molecule has 2 N–H and O–H groups in total. The molecule has 6 nitrogen and oxygen atoms in total. The minimum absolute atomic E-state index is 0.230. The highest BCUT2D eigenvalue weighted by molar-refractivity contribution is 6.01. The van der Waals surface area contributed by atoms with Crippen molar-refractivity contribution in [3.05, 3.63) is 48.5 Å². The Bertz CT molecular complexity index is 781. The minimum Gasteiger partial charge on any atom is -0.378 e. The quantitative estimate of drug-likeness (QED) is 0.836. The number of hydrogen-bond acceptors (Lipinski definition) is 4. The van der Waals surface area contributed by atoms with Gasteiger partial charge in [0.1, 0.15) is 0 Å². The predicted molar refractivity (Wildman–Crippen MR) is 115 cm³/mol. The van der Waals surface area contributed by atoms with Crippen LogP contribution >= 0.6 is 0 Å². The normalized spacial score (nSPS) is 17.3. The Morgan fingerprint density at radius 1 is 0.786 bits per heavy atom. The molecule has 4 rings (SSSR count). The summed E-state index contributed by atoms with van der Waals surface area (Å²) in [5, 5.41) is 5.93. The molecule has 2 saturated heterocycles. The molecule has 2 aromatic rings. The zero-order valence-corrected chi connectivity index (χ0v) is 16.2. The van der Waals surface area contributed by atoms with Gasteiger partial charge in [0.25, 0.3) is 0 Å². The van der Waals surface area contributed by atoms with Gasteiger partial charge >= 0.3 is 6.03 Å².